The van der Waals surface area contributed by atoms with Crippen molar-refractivity contribution in [1.29, 1.82) is 0 Å². The maximum absolute atomic E-state index is 13.0. The molecule has 1 unspecified atom stereocenters. The van der Waals surface area contributed by atoms with Gasteiger partial charge in [-0.15, -0.1) is 0 Å². The van der Waals surface area contributed by atoms with Gasteiger partial charge in [0.15, 0.2) is 0 Å². The number of rotatable bonds is 7. The molecule has 1 amide bonds. The fourth-order valence-corrected chi connectivity index (χ4v) is 4.29. The van der Waals surface area contributed by atoms with Crippen molar-refractivity contribution in [2.24, 2.45) is 5.92 Å². The topological polar surface area (TPSA) is 97.6 Å². The molecule has 0 spiro atoms. The Labute approximate surface area is 203 Å². The summed E-state index contributed by atoms with van der Waals surface area (Å²) in [5.41, 5.74) is 2.56. The van der Waals surface area contributed by atoms with E-state index in [1.807, 2.05) is 19.1 Å². The Kier molecular flexibility index (Phi) is 7.59. The van der Waals surface area contributed by atoms with E-state index in [-0.39, 0.29) is 11.8 Å². The first-order valence-electron chi connectivity index (χ1n) is 11.3. The zero-order chi connectivity index (χ0) is 24.1. The number of nitrogens with zero attached hydrogens (tertiary/aromatic N) is 3. The Morgan fingerprint density at radius 1 is 1.26 bits per heavy atom. The number of carbonyl (C=O) groups is 2. The molecule has 1 aliphatic rings. The summed E-state index contributed by atoms with van der Waals surface area (Å²) in [6, 6.07) is 12.5. The summed E-state index contributed by atoms with van der Waals surface area (Å²) in [5, 5.41) is 7.66. The van der Waals surface area contributed by atoms with E-state index in [4.69, 9.17) is 20.9 Å². The monoisotopic (exact) mass is 482 g/mol. The standard InChI is InChI=1S/C25H27ClN4O4/c1-3-33-25(32)20-10-5-11-21(16(20)2)27-24(31)18-8-6-12-30(14-18)15-22-28-23(29-34-22)17-7-4-9-19(26)13-17/h4-5,7,9-11,13,18H,3,6,8,12,14-15H2,1-2H3,(H,27,31). The van der Waals surface area contributed by atoms with Gasteiger partial charge >= 0.3 is 5.97 Å². The summed E-state index contributed by atoms with van der Waals surface area (Å²) in [6.07, 6.45) is 1.67. The van der Waals surface area contributed by atoms with Crippen molar-refractivity contribution in [3.8, 4) is 11.4 Å². The van der Waals surface area contributed by atoms with Crippen molar-refractivity contribution in [1.82, 2.24) is 15.0 Å². The minimum atomic E-state index is -0.392. The quantitative estimate of drug-likeness (QED) is 0.486. The van der Waals surface area contributed by atoms with Gasteiger partial charge in [-0.2, -0.15) is 4.98 Å². The molecule has 1 saturated heterocycles. The van der Waals surface area contributed by atoms with Crippen LogP contribution in [0.4, 0.5) is 5.69 Å². The first kappa shape index (κ1) is 23.9. The lowest BCUT2D eigenvalue weighted by Crippen LogP contribution is -2.40. The number of amides is 1. The lowest BCUT2D eigenvalue weighted by atomic mass is 9.96. The fraction of sp³-hybridized carbons (Fsp3) is 0.360. The van der Waals surface area contributed by atoms with Gasteiger partial charge in [0.2, 0.25) is 17.6 Å². The van der Waals surface area contributed by atoms with E-state index in [0.717, 1.165) is 24.9 Å². The molecule has 1 fully saturated rings. The van der Waals surface area contributed by atoms with Gasteiger partial charge in [0.05, 0.1) is 24.6 Å². The van der Waals surface area contributed by atoms with Crippen LogP contribution in [0.2, 0.25) is 5.02 Å². The van der Waals surface area contributed by atoms with Crippen LogP contribution < -0.4 is 5.32 Å². The third kappa shape index (κ3) is 5.63. The van der Waals surface area contributed by atoms with Crippen molar-refractivity contribution in [2.75, 3.05) is 25.0 Å². The number of halogens is 1. The second-order valence-electron chi connectivity index (χ2n) is 8.28. The predicted molar refractivity (Wildman–Crippen MR) is 129 cm³/mol. The molecule has 1 aromatic heterocycles. The smallest absolute Gasteiger partial charge is 0.338 e. The molecule has 0 bridgehead atoms. The van der Waals surface area contributed by atoms with Gasteiger partial charge in [-0.1, -0.05) is 35.0 Å². The Morgan fingerprint density at radius 3 is 2.88 bits per heavy atom. The molecule has 1 atom stereocenters. The lowest BCUT2D eigenvalue weighted by molar-refractivity contribution is -0.121. The number of piperidine rings is 1. The lowest BCUT2D eigenvalue weighted by Gasteiger charge is -2.31. The number of nitrogens with one attached hydrogen (secondary N) is 1. The van der Waals surface area contributed by atoms with Gasteiger partial charge < -0.3 is 14.6 Å². The molecule has 9 heteroatoms. The highest BCUT2D eigenvalue weighted by atomic mass is 35.5. The van der Waals surface area contributed by atoms with Crippen LogP contribution >= 0.6 is 11.6 Å². The van der Waals surface area contributed by atoms with Gasteiger partial charge in [0.25, 0.3) is 0 Å². The van der Waals surface area contributed by atoms with Crippen molar-refractivity contribution in [3.63, 3.8) is 0 Å². The molecule has 0 radical (unpaired) electrons. The molecule has 8 nitrogen and oxygen atoms in total. The van der Waals surface area contributed by atoms with E-state index in [1.165, 1.54) is 0 Å². The SMILES string of the molecule is CCOC(=O)c1cccc(NC(=O)C2CCCN(Cc3nc(-c4cccc(Cl)c4)no3)C2)c1C. The molecule has 4 rings (SSSR count). The van der Waals surface area contributed by atoms with Gasteiger partial charge in [-0.3, -0.25) is 9.69 Å². The number of ether oxygens (including phenoxy) is 1. The number of likely N-dealkylation sites (tertiary alicyclic amines) is 1. The fourth-order valence-electron chi connectivity index (χ4n) is 4.10. The van der Waals surface area contributed by atoms with Crippen LogP contribution in [-0.4, -0.2) is 46.6 Å². The van der Waals surface area contributed by atoms with Crippen molar-refractivity contribution >= 4 is 29.2 Å². The highest BCUT2D eigenvalue weighted by Gasteiger charge is 2.27. The van der Waals surface area contributed by atoms with Gasteiger partial charge in [0, 0.05) is 22.8 Å². The zero-order valence-electron chi connectivity index (χ0n) is 19.2. The molecular formula is C25H27ClN4O4. The van der Waals surface area contributed by atoms with Gasteiger partial charge in [-0.25, -0.2) is 4.79 Å². The highest BCUT2D eigenvalue weighted by molar-refractivity contribution is 6.30. The summed E-state index contributed by atoms with van der Waals surface area (Å²) >= 11 is 6.05. The van der Waals surface area contributed by atoms with E-state index in [1.54, 1.807) is 37.3 Å². The molecule has 2 heterocycles. The Balaban J connectivity index is 1.38. The van der Waals surface area contributed by atoms with Crippen LogP contribution in [0.1, 0.15) is 41.6 Å². The highest BCUT2D eigenvalue weighted by Crippen LogP contribution is 2.25. The third-order valence-corrected chi connectivity index (χ3v) is 6.11. The molecule has 34 heavy (non-hydrogen) atoms. The molecule has 2 aromatic carbocycles. The van der Waals surface area contributed by atoms with Crippen molar-refractivity contribution < 1.29 is 18.8 Å². The molecule has 178 valence electrons. The number of anilines is 1. The minimum absolute atomic E-state index is 0.0704. The molecule has 0 saturated carbocycles. The molecular weight excluding hydrogens is 456 g/mol. The number of hydrogen-bond acceptors (Lipinski definition) is 7. The maximum Gasteiger partial charge on any atom is 0.338 e. The Bertz CT molecular complexity index is 1180. The molecule has 3 aromatic rings. The van der Waals surface area contributed by atoms with Crippen molar-refractivity contribution in [2.45, 2.75) is 33.2 Å². The first-order chi connectivity index (χ1) is 16.4. The zero-order valence-corrected chi connectivity index (χ0v) is 20.0. The number of aromatic nitrogens is 2. The summed E-state index contributed by atoms with van der Waals surface area (Å²) in [4.78, 5) is 31.8. The molecule has 1 N–H and O–H groups in total. The van der Waals surface area contributed by atoms with Crippen LogP contribution in [-0.2, 0) is 16.1 Å². The average Bonchev–Trinajstić information content (AvgIpc) is 3.29. The van der Waals surface area contributed by atoms with Gasteiger partial charge in [-0.05, 0) is 63.1 Å². The van der Waals surface area contributed by atoms with Crippen molar-refractivity contribution in [3.05, 3.63) is 64.5 Å². The van der Waals surface area contributed by atoms with E-state index < -0.39 is 5.97 Å². The summed E-state index contributed by atoms with van der Waals surface area (Å²) in [6.45, 7) is 5.76. The summed E-state index contributed by atoms with van der Waals surface area (Å²) in [5.74, 6) is 0.333. The van der Waals surface area contributed by atoms with Gasteiger partial charge in [0.1, 0.15) is 0 Å². The third-order valence-electron chi connectivity index (χ3n) is 5.87. The summed E-state index contributed by atoms with van der Waals surface area (Å²) in [7, 11) is 0. The van der Waals surface area contributed by atoms with E-state index in [2.05, 4.69) is 20.4 Å². The minimum Gasteiger partial charge on any atom is -0.462 e. The number of carbonyl (C=O) groups excluding carboxylic acids is 2. The van der Waals surface area contributed by atoms with Crippen LogP contribution in [0.25, 0.3) is 11.4 Å². The average molecular weight is 483 g/mol. The maximum atomic E-state index is 13.0. The van der Waals surface area contributed by atoms with E-state index in [0.29, 0.717) is 53.2 Å². The second-order valence-corrected chi connectivity index (χ2v) is 8.72. The molecule has 0 aliphatic carbocycles. The Morgan fingerprint density at radius 2 is 2.09 bits per heavy atom. The van der Waals surface area contributed by atoms with E-state index >= 15 is 0 Å². The number of benzene rings is 2. The molecule has 1 aliphatic heterocycles. The largest absolute Gasteiger partial charge is 0.462 e. The number of esters is 1. The normalized spacial score (nSPS) is 16.3. The Hall–Kier alpha value is -3.23. The summed E-state index contributed by atoms with van der Waals surface area (Å²) < 4.78 is 10.5. The number of hydrogen-bond donors (Lipinski definition) is 1. The van der Waals surface area contributed by atoms with Crippen LogP contribution in [0.3, 0.4) is 0 Å². The van der Waals surface area contributed by atoms with Crippen LogP contribution in [0.5, 0.6) is 0 Å². The van der Waals surface area contributed by atoms with E-state index in [9.17, 15) is 9.59 Å². The van der Waals surface area contributed by atoms with Crippen LogP contribution in [0.15, 0.2) is 47.0 Å². The predicted octanol–water partition coefficient (Wildman–Crippen LogP) is 4.73. The second kappa shape index (κ2) is 10.8. The first-order valence-corrected chi connectivity index (χ1v) is 11.7. The van der Waals surface area contributed by atoms with Crippen LogP contribution in [0, 0.1) is 12.8 Å².